The van der Waals surface area contributed by atoms with Gasteiger partial charge in [0.25, 0.3) is 5.91 Å². The maximum atomic E-state index is 13.5. The molecule has 0 unspecified atom stereocenters. The molecule has 0 fully saturated rings. The molecular weight excluding hydrogens is 457 g/mol. The number of carbonyl (C=O) groups is 1. The number of halogens is 4. The van der Waals surface area contributed by atoms with Crippen molar-refractivity contribution in [3.05, 3.63) is 69.5 Å². The van der Waals surface area contributed by atoms with Crippen LogP contribution >= 0.6 is 11.6 Å². The van der Waals surface area contributed by atoms with Gasteiger partial charge in [-0.15, -0.1) is 0 Å². The van der Waals surface area contributed by atoms with Crippen LogP contribution in [0.2, 0.25) is 5.02 Å². The monoisotopic (exact) mass is 480 g/mol. The average Bonchev–Trinajstić information content (AvgIpc) is 3.04. The molecule has 3 rings (SSSR count). The van der Waals surface area contributed by atoms with Crippen molar-refractivity contribution in [1.82, 2.24) is 20.1 Å². The fourth-order valence-electron chi connectivity index (χ4n) is 3.05. The van der Waals surface area contributed by atoms with Crippen LogP contribution in [0.1, 0.15) is 53.5 Å². The van der Waals surface area contributed by atoms with Gasteiger partial charge >= 0.3 is 6.18 Å². The van der Waals surface area contributed by atoms with Crippen LogP contribution in [0.4, 0.5) is 13.2 Å². The zero-order valence-electron chi connectivity index (χ0n) is 18.8. The van der Waals surface area contributed by atoms with Crippen LogP contribution in [-0.4, -0.2) is 20.7 Å². The fraction of sp³-hybridized carbons (Fsp3) is 0.348. The van der Waals surface area contributed by atoms with Crippen LogP contribution in [0.25, 0.3) is 0 Å². The molecule has 0 radical (unpaired) electrons. The lowest BCUT2D eigenvalue weighted by Crippen LogP contribution is -2.26. The molecule has 0 saturated carbocycles. The molecule has 0 aliphatic rings. The van der Waals surface area contributed by atoms with E-state index in [4.69, 9.17) is 16.3 Å². The normalized spacial score (nSPS) is 12.0. The molecule has 0 saturated heterocycles. The number of nitrogens with one attached hydrogen (secondary N) is 1. The first-order valence-corrected chi connectivity index (χ1v) is 10.5. The minimum Gasteiger partial charge on any atom is -0.420 e. The molecule has 0 aliphatic carbocycles. The molecule has 0 bridgehead atoms. The van der Waals surface area contributed by atoms with E-state index in [1.54, 1.807) is 27.7 Å². The predicted molar refractivity (Wildman–Crippen MR) is 119 cm³/mol. The van der Waals surface area contributed by atoms with Gasteiger partial charge in [-0.25, -0.2) is 9.67 Å². The summed E-state index contributed by atoms with van der Waals surface area (Å²) in [7, 11) is 0. The summed E-state index contributed by atoms with van der Waals surface area (Å²) in [5, 5.41) is 6.97. The van der Waals surface area contributed by atoms with Gasteiger partial charge in [0.15, 0.2) is 5.69 Å². The first-order chi connectivity index (χ1) is 15.3. The quantitative estimate of drug-likeness (QED) is 0.483. The van der Waals surface area contributed by atoms with Gasteiger partial charge in [0.1, 0.15) is 5.56 Å². The Hall–Kier alpha value is -3.07. The van der Waals surface area contributed by atoms with Crippen molar-refractivity contribution in [2.24, 2.45) is 0 Å². The Balaban J connectivity index is 1.96. The number of hydrogen-bond acceptors (Lipinski definition) is 4. The van der Waals surface area contributed by atoms with Gasteiger partial charge in [-0.1, -0.05) is 41.4 Å². The van der Waals surface area contributed by atoms with Gasteiger partial charge in [0.2, 0.25) is 11.8 Å². The van der Waals surface area contributed by atoms with Crippen molar-refractivity contribution in [3.8, 4) is 11.8 Å². The number of alkyl halides is 3. The maximum absolute atomic E-state index is 13.5. The summed E-state index contributed by atoms with van der Waals surface area (Å²) < 4.78 is 47.6. The zero-order chi connectivity index (χ0) is 24.6. The summed E-state index contributed by atoms with van der Waals surface area (Å²) in [4.78, 5) is 16.6. The van der Waals surface area contributed by atoms with Crippen molar-refractivity contribution in [1.29, 1.82) is 0 Å². The molecule has 33 heavy (non-hydrogen) atoms. The maximum Gasteiger partial charge on any atom is 0.421 e. The minimum absolute atomic E-state index is 0.0108. The van der Waals surface area contributed by atoms with Gasteiger partial charge in [-0.05, 0) is 46.2 Å². The first kappa shape index (κ1) is 24.6. The number of hydrogen-bond donors (Lipinski definition) is 1. The Morgan fingerprint density at radius 1 is 1.15 bits per heavy atom. The van der Waals surface area contributed by atoms with E-state index < -0.39 is 29.1 Å². The van der Waals surface area contributed by atoms with E-state index in [1.165, 1.54) is 4.68 Å². The number of pyridine rings is 1. The third-order valence-electron chi connectivity index (χ3n) is 4.81. The molecule has 1 amide bonds. The number of ether oxygens (including phenoxy) is 1. The summed E-state index contributed by atoms with van der Waals surface area (Å²) >= 11 is 5.71. The highest BCUT2D eigenvalue weighted by atomic mass is 35.5. The van der Waals surface area contributed by atoms with Crippen LogP contribution in [0, 0.1) is 13.8 Å². The number of nitrogens with zero attached hydrogens (tertiary/aromatic N) is 3. The molecule has 6 nitrogen and oxygen atoms in total. The SMILES string of the molecule is Cc1ccc(CNC(=O)c2nn(C(C)(C)C)c(Oc3ncc(Cl)cc3C(F)(F)F)c2C)cc1. The van der Waals surface area contributed by atoms with E-state index >= 15 is 0 Å². The third kappa shape index (κ3) is 5.65. The van der Waals surface area contributed by atoms with E-state index in [0.717, 1.165) is 23.4 Å². The smallest absolute Gasteiger partial charge is 0.420 e. The standard InChI is InChI=1S/C23H24ClF3N4O2/c1-13-6-8-15(9-7-13)11-28-19(32)18-14(2)21(31(30-18)22(3,4)5)33-20-17(23(25,26)27)10-16(24)12-29-20/h6-10,12H,11H2,1-5H3,(H,28,32). The summed E-state index contributed by atoms with van der Waals surface area (Å²) in [5.74, 6) is -1.16. The number of amides is 1. The van der Waals surface area contributed by atoms with E-state index in [0.29, 0.717) is 0 Å². The topological polar surface area (TPSA) is 69.0 Å². The lowest BCUT2D eigenvalue weighted by Gasteiger charge is -2.22. The molecule has 3 aromatic rings. The second-order valence-electron chi connectivity index (χ2n) is 8.64. The van der Waals surface area contributed by atoms with Gasteiger partial charge in [0.05, 0.1) is 10.6 Å². The van der Waals surface area contributed by atoms with Crippen molar-refractivity contribution >= 4 is 17.5 Å². The average molecular weight is 481 g/mol. The Morgan fingerprint density at radius 3 is 2.36 bits per heavy atom. The van der Waals surface area contributed by atoms with Gasteiger partial charge in [-0.3, -0.25) is 4.79 Å². The largest absolute Gasteiger partial charge is 0.421 e. The highest BCUT2D eigenvalue weighted by Crippen LogP contribution is 2.40. The lowest BCUT2D eigenvalue weighted by molar-refractivity contribution is -0.138. The highest BCUT2D eigenvalue weighted by Gasteiger charge is 2.37. The summed E-state index contributed by atoms with van der Waals surface area (Å²) in [6, 6.07) is 8.41. The van der Waals surface area contributed by atoms with Gasteiger partial charge in [-0.2, -0.15) is 18.3 Å². The van der Waals surface area contributed by atoms with E-state index in [9.17, 15) is 18.0 Å². The molecule has 0 spiro atoms. The zero-order valence-corrected chi connectivity index (χ0v) is 19.6. The second kappa shape index (κ2) is 9.05. The lowest BCUT2D eigenvalue weighted by atomic mass is 10.1. The highest BCUT2D eigenvalue weighted by molar-refractivity contribution is 6.30. The molecule has 2 aromatic heterocycles. The molecule has 0 atom stereocenters. The van der Waals surface area contributed by atoms with Gasteiger partial charge in [0, 0.05) is 18.3 Å². The Labute approximate surface area is 194 Å². The number of rotatable bonds is 5. The van der Waals surface area contributed by atoms with E-state index in [2.05, 4.69) is 15.4 Å². The number of benzene rings is 1. The van der Waals surface area contributed by atoms with Crippen LogP contribution in [0.15, 0.2) is 36.5 Å². The van der Waals surface area contributed by atoms with Crippen molar-refractivity contribution in [3.63, 3.8) is 0 Å². The van der Waals surface area contributed by atoms with Gasteiger partial charge < -0.3 is 10.1 Å². The number of aryl methyl sites for hydroxylation is 1. The van der Waals surface area contributed by atoms with Crippen molar-refractivity contribution < 1.29 is 22.7 Å². The number of aromatic nitrogens is 3. The van der Waals surface area contributed by atoms with Crippen LogP contribution in [-0.2, 0) is 18.3 Å². The first-order valence-electron chi connectivity index (χ1n) is 10.1. The van der Waals surface area contributed by atoms with Crippen molar-refractivity contribution in [2.45, 2.75) is 52.9 Å². The number of carbonyl (C=O) groups excluding carboxylic acids is 1. The molecule has 10 heteroatoms. The molecule has 1 aromatic carbocycles. The fourth-order valence-corrected chi connectivity index (χ4v) is 3.20. The Morgan fingerprint density at radius 2 is 1.79 bits per heavy atom. The molecule has 176 valence electrons. The second-order valence-corrected chi connectivity index (χ2v) is 9.07. The summed E-state index contributed by atoms with van der Waals surface area (Å²) in [6.07, 6.45) is -3.67. The van der Waals surface area contributed by atoms with Crippen LogP contribution in [0.5, 0.6) is 11.8 Å². The minimum atomic E-state index is -4.73. The summed E-state index contributed by atoms with van der Waals surface area (Å²) in [6.45, 7) is 9.18. The predicted octanol–water partition coefficient (Wildman–Crippen LogP) is 6.04. The Kier molecular flexibility index (Phi) is 6.74. The van der Waals surface area contributed by atoms with E-state index in [-0.39, 0.29) is 28.7 Å². The molecule has 2 heterocycles. The summed E-state index contributed by atoms with van der Waals surface area (Å²) in [5.41, 5.74) is 0.520. The molecule has 1 N–H and O–H groups in total. The molecule has 0 aliphatic heterocycles. The van der Waals surface area contributed by atoms with Crippen LogP contribution in [0.3, 0.4) is 0 Å². The molecular formula is C23H24ClF3N4O2. The van der Waals surface area contributed by atoms with Crippen LogP contribution < -0.4 is 10.1 Å². The third-order valence-corrected chi connectivity index (χ3v) is 5.02. The van der Waals surface area contributed by atoms with E-state index in [1.807, 2.05) is 31.2 Å². The Bertz CT molecular complexity index is 1170. The van der Waals surface area contributed by atoms with Crippen molar-refractivity contribution in [2.75, 3.05) is 0 Å².